The molecule has 0 unspecified atom stereocenters. The number of carbonyl (C=O) groups is 1. The van der Waals surface area contributed by atoms with Crippen LogP contribution in [0.3, 0.4) is 0 Å². The predicted octanol–water partition coefficient (Wildman–Crippen LogP) is 5.03. The SMILES string of the molecule is Cc1ccc(Br)cc1NC(=O)c1scc(C)c1Cl. The Balaban J connectivity index is 2.27. The highest BCUT2D eigenvalue weighted by Gasteiger charge is 2.15. The first-order valence-electron chi connectivity index (χ1n) is 5.30. The maximum absolute atomic E-state index is 12.1. The lowest BCUT2D eigenvalue weighted by molar-refractivity contribution is 0.103. The summed E-state index contributed by atoms with van der Waals surface area (Å²) in [6.45, 7) is 3.84. The van der Waals surface area contributed by atoms with Crippen molar-refractivity contribution in [2.75, 3.05) is 5.32 Å². The van der Waals surface area contributed by atoms with Crippen molar-refractivity contribution in [1.29, 1.82) is 0 Å². The summed E-state index contributed by atoms with van der Waals surface area (Å²) in [6.07, 6.45) is 0. The lowest BCUT2D eigenvalue weighted by atomic mass is 10.2. The molecule has 1 N–H and O–H groups in total. The molecule has 0 aliphatic rings. The van der Waals surface area contributed by atoms with Crippen LogP contribution in [0.2, 0.25) is 5.02 Å². The van der Waals surface area contributed by atoms with Crippen LogP contribution in [0.5, 0.6) is 0 Å². The molecule has 0 spiro atoms. The van der Waals surface area contributed by atoms with E-state index in [1.54, 1.807) is 0 Å². The van der Waals surface area contributed by atoms with Gasteiger partial charge in [0, 0.05) is 10.2 Å². The number of amides is 1. The Morgan fingerprint density at radius 3 is 2.67 bits per heavy atom. The molecule has 0 bridgehead atoms. The largest absolute Gasteiger partial charge is 0.321 e. The van der Waals surface area contributed by atoms with E-state index in [1.165, 1.54) is 11.3 Å². The smallest absolute Gasteiger partial charge is 0.267 e. The van der Waals surface area contributed by atoms with Crippen LogP contribution in [0.1, 0.15) is 20.8 Å². The van der Waals surface area contributed by atoms with Crippen LogP contribution in [0.15, 0.2) is 28.1 Å². The number of aryl methyl sites for hydroxylation is 2. The van der Waals surface area contributed by atoms with Gasteiger partial charge < -0.3 is 5.32 Å². The van der Waals surface area contributed by atoms with E-state index in [9.17, 15) is 4.79 Å². The summed E-state index contributed by atoms with van der Waals surface area (Å²) in [5.74, 6) is -0.167. The van der Waals surface area contributed by atoms with E-state index in [1.807, 2.05) is 37.4 Å². The van der Waals surface area contributed by atoms with Crippen molar-refractivity contribution in [2.45, 2.75) is 13.8 Å². The van der Waals surface area contributed by atoms with Crippen LogP contribution < -0.4 is 5.32 Å². The summed E-state index contributed by atoms with van der Waals surface area (Å²) in [4.78, 5) is 12.7. The van der Waals surface area contributed by atoms with Crippen LogP contribution in [0.25, 0.3) is 0 Å². The number of nitrogens with one attached hydrogen (secondary N) is 1. The number of rotatable bonds is 2. The zero-order valence-corrected chi connectivity index (χ0v) is 13.0. The Labute approximate surface area is 123 Å². The fourth-order valence-corrected chi connectivity index (χ4v) is 3.03. The Morgan fingerprint density at radius 1 is 1.33 bits per heavy atom. The minimum absolute atomic E-state index is 0.167. The molecular weight excluding hydrogens is 334 g/mol. The minimum atomic E-state index is -0.167. The number of halogens is 2. The number of anilines is 1. The second kappa shape index (κ2) is 5.43. The third-order valence-corrected chi connectivity index (χ3v) is 4.74. The summed E-state index contributed by atoms with van der Waals surface area (Å²) >= 11 is 10.8. The molecule has 2 rings (SSSR count). The first-order valence-corrected chi connectivity index (χ1v) is 7.35. The maximum atomic E-state index is 12.1. The highest BCUT2D eigenvalue weighted by molar-refractivity contribution is 9.10. The van der Waals surface area contributed by atoms with Crippen LogP contribution >= 0.6 is 38.9 Å². The number of hydrogen-bond acceptors (Lipinski definition) is 2. The van der Waals surface area contributed by atoms with Crippen molar-refractivity contribution < 1.29 is 4.79 Å². The first kappa shape index (κ1) is 13.6. The van der Waals surface area contributed by atoms with Crippen LogP contribution in [0, 0.1) is 13.8 Å². The van der Waals surface area contributed by atoms with Gasteiger partial charge in [-0.2, -0.15) is 0 Å². The lowest BCUT2D eigenvalue weighted by Gasteiger charge is -2.08. The summed E-state index contributed by atoms with van der Waals surface area (Å²) in [6, 6.07) is 5.76. The Kier molecular flexibility index (Phi) is 4.10. The summed E-state index contributed by atoms with van der Waals surface area (Å²) in [7, 11) is 0. The molecule has 0 aliphatic heterocycles. The minimum Gasteiger partial charge on any atom is -0.321 e. The number of carbonyl (C=O) groups excluding carboxylic acids is 1. The summed E-state index contributed by atoms with van der Waals surface area (Å²) < 4.78 is 0.928. The van der Waals surface area contributed by atoms with Gasteiger partial charge in [0.15, 0.2) is 0 Å². The van der Waals surface area contributed by atoms with E-state index in [4.69, 9.17) is 11.6 Å². The number of benzene rings is 1. The highest BCUT2D eigenvalue weighted by atomic mass is 79.9. The van der Waals surface area contributed by atoms with Gasteiger partial charge in [0.05, 0.1) is 5.02 Å². The second-order valence-electron chi connectivity index (χ2n) is 3.98. The van der Waals surface area contributed by atoms with E-state index < -0.39 is 0 Å². The van der Waals surface area contributed by atoms with E-state index in [0.29, 0.717) is 9.90 Å². The van der Waals surface area contributed by atoms with Crippen LogP contribution in [-0.2, 0) is 0 Å². The van der Waals surface area contributed by atoms with E-state index in [2.05, 4.69) is 21.2 Å². The molecule has 0 saturated carbocycles. The molecule has 2 nitrogen and oxygen atoms in total. The van der Waals surface area contributed by atoms with Gasteiger partial charge in [-0.3, -0.25) is 4.79 Å². The Bertz CT molecular complexity index is 609. The van der Waals surface area contributed by atoms with Crippen molar-refractivity contribution in [3.8, 4) is 0 Å². The molecule has 1 heterocycles. The molecule has 0 aliphatic carbocycles. The average Bonchev–Trinajstić information content (AvgIpc) is 2.65. The van der Waals surface area contributed by atoms with Gasteiger partial charge in [-0.25, -0.2) is 0 Å². The van der Waals surface area contributed by atoms with Crippen molar-refractivity contribution in [3.63, 3.8) is 0 Å². The predicted molar refractivity (Wildman–Crippen MR) is 80.9 cm³/mol. The molecule has 0 fully saturated rings. The normalized spacial score (nSPS) is 10.4. The van der Waals surface area contributed by atoms with Crippen molar-refractivity contribution in [3.05, 3.63) is 49.1 Å². The second-order valence-corrected chi connectivity index (χ2v) is 6.15. The van der Waals surface area contributed by atoms with E-state index in [0.717, 1.165) is 21.3 Å². The molecule has 2 aromatic rings. The topological polar surface area (TPSA) is 29.1 Å². The highest BCUT2D eigenvalue weighted by Crippen LogP contribution is 2.29. The van der Waals surface area contributed by atoms with E-state index >= 15 is 0 Å². The van der Waals surface area contributed by atoms with Crippen LogP contribution in [-0.4, -0.2) is 5.91 Å². The summed E-state index contributed by atoms with van der Waals surface area (Å²) in [5, 5.41) is 5.29. The summed E-state index contributed by atoms with van der Waals surface area (Å²) in [5.41, 5.74) is 2.73. The maximum Gasteiger partial charge on any atom is 0.267 e. The van der Waals surface area contributed by atoms with Gasteiger partial charge in [-0.15, -0.1) is 11.3 Å². The zero-order valence-electron chi connectivity index (χ0n) is 9.88. The molecule has 1 aromatic heterocycles. The molecular formula is C13H11BrClNOS. The molecule has 0 atom stereocenters. The quantitative estimate of drug-likeness (QED) is 0.813. The van der Waals surface area contributed by atoms with Crippen molar-refractivity contribution in [2.24, 2.45) is 0 Å². The first-order chi connectivity index (χ1) is 8.49. The van der Waals surface area contributed by atoms with Gasteiger partial charge in [0.1, 0.15) is 4.88 Å². The number of thiophene rings is 1. The third-order valence-electron chi connectivity index (χ3n) is 2.55. The Hall–Kier alpha value is -0.840. The molecule has 1 amide bonds. The molecule has 0 radical (unpaired) electrons. The molecule has 5 heteroatoms. The molecule has 0 saturated heterocycles. The third kappa shape index (κ3) is 2.76. The van der Waals surface area contributed by atoms with Gasteiger partial charge in [-0.05, 0) is 42.5 Å². The fourth-order valence-electron chi connectivity index (χ4n) is 1.49. The van der Waals surface area contributed by atoms with Crippen molar-refractivity contribution in [1.82, 2.24) is 0 Å². The zero-order chi connectivity index (χ0) is 13.3. The lowest BCUT2D eigenvalue weighted by Crippen LogP contribution is -2.11. The Morgan fingerprint density at radius 2 is 2.06 bits per heavy atom. The monoisotopic (exact) mass is 343 g/mol. The average molecular weight is 345 g/mol. The fraction of sp³-hybridized carbons (Fsp3) is 0.154. The van der Waals surface area contributed by atoms with E-state index in [-0.39, 0.29) is 5.91 Å². The molecule has 94 valence electrons. The van der Waals surface area contributed by atoms with Gasteiger partial charge in [0.25, 0.3) is 5.91 Å². The van der Waals surface area contributed by atoms with Crippen molar-refractivity contribution >= 4 is 50.5 Å². The number of hydrogen-bond donors (Lipinski definition) is 1. The molecule has 18 heavy (non-hydrogen) atoms. The van der Waals surface area contributed by atoms with Gasteiger partial charge in [0.2, 0.25) is 0 Å². The van der Waals surface area contributed by atoms with Crippen LogP contribution in [0.4, 0.5) is 5.69 Å². The van der Waals surface area contributed by atoms with Gasteiger partial charge in [-0.1, -0.05) is 33.6 Å². The van der Waals surface area contributed by atoms with Gasteiger partial charge >= 0.3 is 0 Å². The standard InChI is InChI=1S/C13H11BrClNOS/c1-7-3-4-9(14)5-10(7)16-13(17)12-11(15)8(2)6-18-12/h3-6H,1-2H3,(H,16,17). The molecule has 1 aromatic carbocycles.